The molecule has 0 atom stereocenters. The van der Waals surface area contributed by atoms with Crippen molar-refractivity contribution < 1.29 is 19.0 Å². The van der Waals surface area contributed by atoms with Crippen molar-refractivity contribution in [3.8, 4) is 5.75 Å². The predicted molar refractivity (Wildman–Crippen MR) is 51.5 cm³/mol. The highest BCUT2D eigenvalue weighted by atomic mass is 19.1. The van der Waals surface area contributed by atoms with Crippen LogP contribution in [-0.4, -0.2) is 18.2 Å². The molecule has 0 unspecified atom stereocenters. The second-order valence-corrected chi connectivity index (χ2v) is 3.73. The fourth-order valence-corrected chi connectivity index (χ4v) is 1.78. The number of carbonyl (C=O) groups is 1. The Balaban J connectivity index is 2.51. The molecule has 1 aromatic rings. The Morgan fingerprint density at radius 3 is 2.67 bits per heavy atom. The number of hydrogen-bond acceptors (Lipinski definition) is 2. The first-order valence-corrected chi connectivity index (χ1v) is 4.67. The van der Waals surface area contributed by atoms with Crippen molar-refractivity contribution in [2.24, 2.45) is 0 Å². The second-order valence-electron chi connectivity index (χ2n) is 3.73. The van der Waals surface area contributed by atoms with E-state index >= 15 is 0 Å². The third kappa shape index (κ3) is 1.46. The third-order valence-electron chi connectivity index (χ3n) is 2.84. The van der Waals surface area contributed by atoms with Gasteiger partial charge in [0, 0.05) is 5.56 Å². The minimum Gasteiger partial charge on any atom is -0.496 e. The number of carboxylic acids is 1. The first-order chi connectivity index (χ1) is 7.10. The minimum absolute atomic E-state index is 0.432. The van der Waals surface area contributed by atoms with Crippen molar-refractivity contribution in [2.75, 3.05) is 7.11 Å². The van der Waals surface area contributed by atoms with Gasteiger partial charge in [-0.2, -0.15) is 0 Å². The first kappa shape index (κ1) is 9.96. The maximum Gasteiger partial charge on any atom is 0.314 e. The average Bonchev–Trinajstić information content (AvgIpc) is 2.98. The normalized spacial score (nSPS) is 17.2. The lowest BCUT2D eigenvalue weighted by Gasteiger charge is -2.14. The van der Waals surface area contributed by atoms with Crippen molar-refractivity contribution in [3.63, 3.8) is 0 Å². The highest BCUT2D eigenvalue weighted by Crippen LogP contribution is 2.51. The van der Waals surface area contributed by atoms with E-state index in [4.69, 9.17) is 9.84 Å². The lowest BCUT2D eigenvalue weighted by Crippen LogP contribution is -2.20. The predicted octanol–water partition coefficient (Wildman–Crippen LogP) is 1.95. The molecule has 1 N–H and O–H groups in total. The Labute approximate surface area is 86.5 Å². The lowest BCUT2D eigenvalue weighted by molar-refractivity contribution is -0.140. The van der Waals surface area contributed by atoms with Gasteiger partial charge < -0.3 is 9.84 Å². The fraction of sp³-hybridized carbons (Fsp3) is 0.364. The zero-order valence-electron chi connectivity index (χ0n) is 8.29. The molecule has 3 nitrogen and oxygen atoms in total. The van der Waals surface area contributed by atoms with Gasteiger partial charge >= 0.3 is 5.97 Å². The summed E-state index contributed by atoms with van der Waals surface area (Å²) >= 11 is 0. The van der Waals surface area contributed by atoms with Crippen LogP contribution in [0.5, 0.6) is 5.75 Å². The van der Waals surface area contributed by atoms with Crippen LogP contribution in [0.3, 0.4) is 0 Å². The van der Waals surface area contributed by atoms with E-state index in [-0.39, 0.29) is 0 Å². The molecule has 1 saturated carbocycles. The van der Waals surface area contributed by atoms with E-state index in [2.05, 4.69) is 0 Å². The van der Waals surface area contributed by atoms with Crippen LogP contribution < -0.4 is 4.74 Å². The van der Waals surface area contributed by atoms with Gasteiger partial charge in [-0.3, -0.25) is 4.79 Å². The van der Waals surface area contributed by atoms with Crippen molar-refractivity contribution in [1.29, 1.82) is 0 Å². The van der Waals surface area contributed by atoms with Gasteiger partial charge in [-0.05, 0) is 31.0 Å². The third-order valence-corrected chi connectivity index (χ3v) is 2.84. The van der Waals surface area contributed by atoms with E-state index < -0.39 is 17.2 Å². The van der Waals surface area contributed by atoms with Crippen LogP contribution in [0.1, 0.15) is 18.4 Å². The summed E-state index contributed by atoms with van der Waals surface area (Å²) in [6.45, 7) is 0. The average molecular weight is 210 g/mol. The molecule has 0 bridgehead atoms. The van der Waals surface area contributed by atoms with Gasteiger partial charge in [0.15, 0.2) is 0 Å². The molecular formula is C11H11FO3. The number of carboxylic acid groups (broad SMARTS) is 1. The summed E-state index contributed by atoms with van der Waals surface area (Å²) in [5.41, 5.74) is -0.481. The van der Waals surface area contributed by atoms with Crippen LogP contribution in [0.15, 0.2) is 18.2 Å². The number of benzene rings is 1. The van der Waals surface area contributed by atoms with Gasteiger partial charge in [0.05, 0.1) is 12.5 Å². The van der Waals surface area contributed by atoms with Crippen LogP contribution >= 0.6 is 0 Å². The van der Waals surface area contributed by atoms with Crippen molar-refractivity contribution >= 4 is 5.97 Å². The molecule has 0 saturated heterocycles. The molecule has 0 amide bonds. The van der Waals surface area contributed by atoms with E-state index in [1.807, 2.05) is 0 Å². The summed E-state index contributed by atoms with van der Waals surface area (Å²) in [6.07, 6.45) is 1.09. The van der Waals surface area contributed by atoms with Gasteiger partial charge in [0.2, 0.25) is 0 Å². The molecule has 1 aliphatic carbocycles. The number of rotatable bonds is 3. The zero-order chi connectivity index (χ0) is 11.1. The van der Waals surface area contributed by atoms with E-state index in [9.17, 15) is 9.18 Å². The molecule has 1 fully saturated rings. The number of ether oxygens (including phenoxy) is 1. The largest absolute Gasteiger partial charge is 0.496 e. The number of hydrogen-bond donors (Lipinski definition) is 1. The number of aliphatic carboxylic acids is 1. The van der Waals surface area contributed by atoms with Crippen LogP contribution in [0, 0.1) is 5.82 Å². The Kier molecular flexibility index (Phi) is 2.14. The smallest absolute Gasteiger partial charge is 0.314 e. The molecule has 1 aromatic carbocycles. The molecule has 0 aliphatic heterocycles. The van der Waals surface area contributed by atoms with Gasteiger partial charge in [-0.15, -0.1) is 0 Å². The zero-order valence-corrected chi connectivity index (χ0v) is 8.29. The molecule has 2 rings (SSSR count). The Hall–Kier alpha value is -1.58. The number of halogens is 1. The van der Waals surface area contributed by atoms with E-state index in [0.29, 0.717) is 24.2 Å². The molecule has 0 heterocycles. The van der Waals surface area contributed by atoms with Gasteiger partial charge in [-0.25, -0.2) is 4.39 Å². The number of methoxy groups -OCH3 is 1. The van der Waals surface area contributed by atoms with E-state index in [1.54, 1.807) is 0 Å². The second kappa shape index (κ2) is 3.22. The quantitative estimate of drug-likeness (QED) is 0.829. The van der Waals surface area contributed by atoms with Crippen molar-refractivity contribution in [2.45, 2.75) is 18.3 Å². The van der Waals surface area contributed by atoms with Crippen molar-refractivity contribution in [1.82, 2.24) is 0 Å². The SMILES string of the molecule is COc1ccc(F)cc1C1(C(=O)O)CC1. The standard InChI is InChI=1S/C11H11FO3/c1-15-9-3-2-7(12)6-8(9)11(4-5-11)10(13)14/h2-3,6H,4-5H2,1H3,(H,13,14). The summed E-state index contributed by atoms with van der Waals surface area (Å²) in [6, 6.07) is 3.98. The fourth-order valence-electron chi connectivity index (χ4n) is 1.78. The topological polar surface area (TPSA) is 46.5 Å². The lowest BCUT2D eigenvalue weighted by atomic mass is 9.95. The Morgan fingerprint density at radius 2 is 2.20 bits per heavy atom. The maximum atomic E-state index is 13.1. The van der Waals surface area contributed by atoms with Gasteiger partial charge in [-0.1, -0.05) is 0 Å². The minimum atomic E-state index is -0.923. The molecular weight excluding hydrogens is 199 g/mol. The van der Waals surface area contributed by atoms with Crippen molar-refractivity contribution in [3.05, 3.63) is 29.6 Å². The van der Waals surface area contributed by atoms with Gasteiger partial charge in [0.1, 0.15) is 11.6 Å². The molecule has 4 heteroatoms. The molecule has 0 aromatic heterocycles. The van der Waals surface area contributed by atoms with Crippen LogP contribution in [0.4, 0.5) is 4.39 Å². The summed E-state index contributed by atoms with van der Waals surface area (Å²) in [4.78, 5) is 11.1. The van der Waals surface area contributed by atoms with Crippen LogP contribution in [0.25, 0.3) is 0 Å². The summed E-state index contributed by atoms with van der Waals surface area (Å²) < 4.78 is 18.1. The van der Waals surface area contributed by atoms with E-state index in [1.165, 1.54) is 25.3 Å². The summed E-state index contributed by atoms with van der Waals surface area (Å²) in [5.74, 6) is -0.902. The monoisotopic (exact) mass is 210 g/mol. The highest BCUT2D eigenvalue weighted by Gasteiger charge is 2.53. The molecule has 0 radical (unpaired) electrons. The van der Waals surface area contributed by atoms with Crippen LogP contribution in [-0.2, 0) is 10.2 Å². The molecule has 80 valence electrons. The Morgan fingerprint density at radius 1 is 1.53 bits per heavy atom. The first-order valence-electron chi connectivity index (χ1n) is 4.67. The van der Waals surface area contributed by atoms with E-state index in [0.717, 1.165) is 0 Å². The Bertz CT molecular complexity index is 410. The maximum absolute atomic E-state index is 13.1. The highest BCUT2D eigenvalue weighted by molar-refractivity contribution is 5.86. The molecule has 0 spiro atoms. The van der Waals surface area contributed by atoms with Crippen LogP contribution in [0.2, 0.25) is 0 Å². The summed E-state index contributed by atoms with van der Waals surface area (Å²) in [5, 5.41) is 9.09. The van der Waals surface area contributed by atoms with Gasteiger partial charge in [0.25, 0.3) is 0 Å². The molecule has 1 aliphatic rings. The molecule has 15 heavy (non-hydrogen) atoms. The summed E-state index contributed by atoms with van der Waals surface area (Å²) in [7, 11) is 1.45.